The predicted octanol–water partition coefficient (Wildman–Crippen LogP) is 10.1. The number of fused-ring (bicyclic) bond motifs is 3. The molecule has 2 aliphatic heterocycles. The van der Waals surface area contributed by atoms with E-state index in [4.69, 9.17) is 33.7 Å². The summed E-state index contributed by atoms with van der Waals surface area (Å²) in [4.78, 5) is 23.3. The number of carbonyl (C=O) groups excluding carboxylic acids is 1. The molecule has 4 aromatic rings. The van der Waals surface area contributed by atoms with Crippen molar-refractivity contribution in [2.45, 2.75) is 103 Å². The van der Waals surface area contributed by atoms with Crippen LogP contribution in [-0.2, 0) is 27.5 Å². The highest BCUT2D eigenvalue weighted by Crippen LogP contribution is 2.62. The van der Waals surface area contributed by atoms with Crippen LogP contribution < -0.4 is 18.9 Å². The van der Waals surface area contributed by atoms with E-state index in [9.17, 15) is 10.2 Å². The van der Waals surface area contributed by atoms with Crippen molar-refractivity contribution >= 4 is 11.6 Å². The summed E-state index contributed by atoms with van der Waals surface area (Å²) in [6.45, 7) is 9.39. The van der Waals surface area contributed by atoms with Gasteiger partial charge in [0.1, 0.15) is 29.9 Å². The quantitative estimate of drug-likeness (QED) is 0.0507. The maximum atomic E-state index is 15.0. The number of hydrogen-bond donors (Lipinski definition) is 2. The number of aliphatic hydroxyl groups excluding tert-OH is 2. The van der Waals surface area contributed by atoms with Gasteiger partial charge in [-0.25, -0.2) is 0 Å². The standard InChI is InChI=1S/C54H62N2O9/c1-4-26-62-54-50(56(53(59)39-18-19-39)32-38-17-22-48-49(28-38)61-34-60-48)31-46(55-63-33-37-12-6-5-7-13-37)44-29-40(14-8-10-24-57)43(15-9-11-25-58)51(52(44)54)45-30-42(21-23-47(45)65-54)64-41-20-16-35(2)36(3)27-41/h4-7,12-13,16-17,20-23,27-30,39-40,43,50-52,57-58H,1,8-11,14-15,18-19,24-26,31-34H2,2-3H3/t40-,43+,50-,51+,52+,54+/m0/s1. The van der Waals surface area contributed by atoms with Crippen LogP contribution in [0.3, 0.4) is 0 Å². The minimum Gasteiger partial charge on any atom is -0.459 e. The van der Waals surface area contributed by atoms with Crippen molar-refractivity contribution in [1.82, 2.24) is 4.90 Å². The Labute approximate surface area is 382 Å². The van der Waals surface area contributed by atoms with Gasteiger partial charge >= 0.3 is 0 Å². The minimum atomic E-state index is -1.38. The summed E-state index contributed by atoms with van der Waals surface area (Å²) < 4.78 is 32.9. The van der Waals surface area contributed by atoms with Gasteiger partial charge in [-0.1, -0.05) is 72.6 Å². The van der Waals surface area contributed by atoms with Crippen LogP contribution in [0.2, 0.25) is 0 Å². The zero-order chi connectivity index (χ0) is 44.9. The molecule has 0 saturated heterocycles. The summed E-state index contributed by atoms with van der Waals surface area (Å²) in [7, 11) is 0. The molecule has 2 saturated carbocycles. The van der Waals surface area contributed by atoms with Crippen molar-refractivity contribution in [3.8, 4) is 28.7 Å². The van der Waals surface area contributed by atoms with E-state index in [-0.39, 0.29) is 69.3 Å². The molecule has 0 bridgehead atoms. The molecule has 65 heavy (non-hydrogen) atoms. The maximum absolute atomic E-state index is 15.0. The minimum absolute atomic E-state index is 0.0477. The first kappa shape index (κ1) is 44.6. The van der Waals surface area contributed by atoms with E-state index in [2.05, 4.69) is 44.7 Å². The molecule has 5 aliphatic rings. The number of aryl methyl sites for hydroxylation is 2. The van der Waals surface area contributed by atoms with Gasteiger partial charge in [0.2, 0.25) is 18.5 Å². The van der Waals surface area contributed by atoms with Crippen LogP contribution in [0.1, 0.15) is 91.5 Å². The topological polar surface area (TPSA) is 129 Å². The number of amides is 1. The number of allylic oxidation sites excluding steroid dienone is 1. The maximum Gasteiger partial charge on any atom is 0.239 e. The molecule has 342 valence electrons. The number of nitrogens with zero attached hydrogens (tertiary/aromatic N) is 2. The summed E-state index contributed by atoms with van der Waals surface area (Å²) >= 11 is 0. The fourth-order valence-corrected chi connectivity index (χ4v) is 10.5. The van der Waals surface area contributed by atoms with E-state index in [1.165, 1.54) is 5.56 Å². The number of ether oxygens (including phenoxy) is 5. The van der Waals surface area contributed by atoms with Crippen molar-refractivity contribution in [2.24, 2.45) is 28.8 Å². The van der Waals surface area contributed by atoms with Crippen LogP contribution >= 0.6 is 0 Å². The third-order valence-corrected chi connectivity index (χ3v) is 14.0. The van der Waals surface area contributed by atoms with Gasteiger partial charge in [0.15, 0.2) is 11.5 Å². The van der Waals surface area contributed by atoms with Crippen molar-refractivity contribution in [2.75, 3.05) is 26.6 Å². The first-order valence-electron chi connectivity index (χ1n) is 23.5. The Morgan fingerprint density at radius 2 is 1.62 bits per heavy atom. The van der Waals surface area contributed by atoms with Crippen LogP contribution in [0.5, 0.6) is 28.7 Å². The fraction of sp³-hybridized carbons (Fsp3) is 0.444. The molecule has 2 fully saturated rings. The Morgan fingerprint density at radius 3 is 2.38 bits per heavy atom. The summed E-state index contributed by atoms with van der Waals surface area (Å²) in [6, 6.07) is 27.4. The zero-order valence-electron chi connectivity index (χ0n) is 37.7. The van der Waals surface area contributed by atoms with Crippen molar-refractivity contribution in [3.63, 3.8) is 0 Å². The number of aliphatic hydroxyl groups is 2. The third-order valence-electron chi connectivity index (χ3n) is 14.0. The van der Waals surface area contributed by atoms with Gasteiger partial charge in [-0.2, -0.15) is 0 Å². The number of oxime groups is 1. The van der Waals surface area contributed by atoms with E-state index in [1.54, 1.807) is 6.08 Å². The van der Waals surface area contributed by atoms with E-state index in [0.717, 1.165) is 77.8 Å². The van der Waals surface area contributed by atoms with Crippen molar-refractivity contribution in [3.05, 3.63) is 137 Å². The lowest BCUT2D eigenvalue weighted by Gasteiger charge is -2.60. The summed E-state index contributed by atoms with van der Waals surface area (Å²) in [6.07, 6.45) is 10.8. The van der Waals surface area contributed by atoms with Gasteiger partial charge < -0.3 is 43.6 Å². The molecular weight excluding hydrogens is 821 g/mol. The van der Waals surface area contributed by atoms with E-state index >= 15 is 4.79 Å². The molecule has 3 aliphatic carbocycles. The molecule has 11 heteroatoms. The number of unbranched alkanes of at least 4 members (excludes halogenated alkanes) is 2. The number of hydrogen-bond acceptors (Lipinski definition) is 10. The van der Waals surface area contributed by atoms with Crippen LogP contribution in [0.15, 0.2) is 114 Å². The molecule has 2 N–H and O–H groups in total. The van der Waals surface area contributed by atoms with Gasteiger partial charge in [0, 0.05) is 43.6 Å². The number of carbonyl (C=O) groups is 1. The lowest BCUT2D eigenvalue weighted by atomic mass is 9.55. The molecule has 0 aromatic heterocycles. The van der Waals surface area contributed by atoms with Gasteiger partial charge in [-0.15, -0.1) is 6.58 Å². The van der Waals surface area contributed by atoms with Gasteiger partial charge in [0.05, 0.1) is 18.2 Å². The first-order chi connectivity index (χ1) is 31.8. The first-order valence-corrected chi connectivity index (χ1v) is 23.5. The fourth-order valence-electron chi connectivity index (χ4n) is 10.5. The molecule has 0 spiro atoms. The van der Waals surface area contributed by atoms with Crippen molar-refractivity contribution in [1.29, 1.82) is 0 Å². The van der Waals surface area contributed by atoms with E-state index in [0.29, 0.717) is 42.3 Å². The van der Waals surface area contributed by atoms with Crippen LogP contribution in [0.4, 0.5) is 0 Å². The van der Waals surface area contributed by atoms with Crippen LogP contribution in [-0.4, -0.2) is 65.2 Å². The lowest BCUT2D eigenvalue weighted by Crippen LogP contribution is -2.70. The summed E-state index contributed by atoms with van der Waals surface area (Å²) in [5.41, 5.74) is 6.98. The molecular formula is C54H62N2O9. The number of benzene rings is 4. The van der Waals surface area contributed by atoms with Crippen LogP contribution in [0, 0.1) is 37.5 Å². The van der Waals surface area contributed by atoms with E-state index < -0.39 is 17.7 Å². The molecule has 0 radical (unpaired) electrons. The molecule has 2 heterocycles. The molecule has 9 rings (SSSR count). The normalized spacial score (nSPS) is 24.3. The molecule has 6 atom stereocenters. The Kier molecular flexibility index (Phi) is 13.6. The van der Waals surface area contributed by atoms with Crippen molar-refractivity contribution < 1.29 is 43.5 Å². The second kappa shape index (κ2) is 19.9. The van der Waals surface area contributed by atoms with Gasteiger partial charge in [-0.05, 0) is 134 Å². The second-order valence-electron chi connectivity index (χ2n) is 18.3. The summed E-state index contributed by atoms with van der Waals surface area (Å²) in [5, 5.41) is 25.1. The highest BCUT2D eigenvalue weighted by Gasteiger charge is 2.66. The largest absolute Gasteiger partial charge is 0.459 e. The Bertz CT molecular complexity index is 2390. The Hall–Kier alpha value is -5.62. The number of rotatable bonds is 20. The van der Waals surface area contributed by atoms with Gasteiger partial charge in [0.25, 0.3) is 0 Å². The lowest BCUT2D eigenvalue weighted by molar-refractivity contribution is -0.258. The summed E-state index contributed by atoms with van der Waals surface area (Å²) in [5.74, 6) is 1.55. The second-order valence-corrected chi connectivity index (χ2v) is 18.3. The smallest absolute Gasteiger partial charge is 0.239 e. The highest BCUT2D eigenvalue weighted by molar-refractivity contribution is 6.03. The highest BCUT2D eigenvalue weighted by atomic mass is 16.7. The Morgan fingerprint density at radius 1 is 0.862 bits per heavy atom. The van der Waals surface area contributed by atoms with Crippen LogP contribution in [0.25, 0.3) is 0 Å². The third kappa shape index (κ3) is 9.42. The molecule has 1 amide bonds. The molecule has 11 nitrogen and oxygen atoms in total. The monoisotopic (exact) mass is 882 g/mol. The molecule has 0 unspecified atom stereocenters. The Balaban J connectivity index is 1.23. The van der Waals surface area contributed by atoms with E-state index in [1.807, 2.05) is 71.6 Å². The predicted molar refractivity (Wildman–Crippen MR) is 248 cm³/mol. The molecule has 4 aromatic carbocycles. The SMILES string of the molecule is C=CCO[C@@]12Oc3ccc(Oc4ccc(C)c(C)c4)cc3[C@H]3[C@H](CCCCO)[C@@H](CCCCO)C=C(C(=NOCc4ccccc4)C[C@@H]1N(Cc1ccc4c(c1)OCO4)C(=O)C1CC1)[C@H]32. The average molecular weight is 883 g/mol. The average Bonchev–Trinajstić information content (AvgIpc) is 4.07. The zero-order valence-corrected chi connectivity index (χ0v) is 37.7. The van der Waals surface area contributed by atoms with Gasteiger partial charge in [-0.3, -0.25) is 4.79 Å².